The molecule has 0 aromatic heterocycles. The molecular weight excluding hydrogens is 344 g/mol. The molecule has 0 unspecified atom stereocenters. The van der Waals surface area contributed by atoms with E-state index >= 15 is 0 Å². The van der Waals surface area contributed by atoms with Crippen LogP contribution in [0.3, 0.4) is 0 Å². The molecule has 0 bridgehead atoms. The van der Waals surface area contributed by atoms with Crippen LogP contribution in [0.25, 0.3) is 0 Å². The molecule has 1 rings (SSSR count). The van der Waals surface area contributed by atoms with Crippen molar-refractivity contribution in [1.29, 1.82) is 0 Å². The normalized spacial score (nSPS) is 13.9. The molecule has 0 saturated carbocycles. The molecule has 0 fully saturated rings. The highest BCUT2D eigenvalue weighted by atomic mass is 32.2. The minimum absolute atomic E-state index is 0.160. The number of carbonyl (C=O) groups is 1. The van der Waals surface area contributed by atoms with E-state index in [2.05, 4.69) is 0 Å². The van der Waals surface area contributed by atoms with Crippen LogP contribution in [0.15, 0.2) is 34.1 Å². The van der Waals surface area contributed by atoms with Gasteiger partial charge in [-0.25, -0.2) is 16.8 Å². The first-order chi connectivity index (χ1) is 10.6. The topological polar surface area (TPSA) is 121 Å². The van der Waals surface area contributed by atoms with Crippen LogP contribution < -0.4 is 4.72 Å². The van der Waals surface area contributed by atoms with Gasteiger partial charge in [0.05, 0.1) is 9.79 Å². The highest BCUT2D eigenvalue weighted by Crippen LogP contribution is 2.19. The van der Waals surface area contributed by atoms with Crippen LogP contribution in [0.2, 0.25) is 0 Å². The summed E-state index contributed by atoms with van der Waals surface area (Å²) in [6.45, 7) is 5.04. The zero-order chi connectivity index (χ0) is 17.8. The maximum atomic E-state index is 12.4. The van der Waals surface area contributed by atoms with Gasteiger partial charge < -0.3 is 5.11 Å². The molecule has 0 amide bonds. The van der Waals surface area contributed by atoms with Crippen LogP contribution in [0, 0.1) is 0 Å². The Morgan fingerprint density at radius 1 is 1.17 bits per heavy atom. The number of benzene rings is 1. The Balaban J connectivity index is 3.27. The maximum absolute atomic E-state index is 12.4. The van der Waals surface area contributed by atoms with E-state index in [1.54, 1.807) is 13.8 Å². The van der Waals surface area contributed by atoms with Crippen molar-refractivity contribution >= 4 is 26.0 Å². The summed E-state index contributed by atoms with van der Waals surface area (Å²) in [6.07, 6.45) is 0. The fourth-order valence-corrected chi connectivity index (χ4v) is 4.69. The average molecular weight is 364 g/mol. The summed E-state index contributed by atoms with van der Waals surface area (Å²) < 4.78 is 52.3. The monoisotopic (exact) mass is 364 g/mol. The Morgan fingerprint density at radius 3 is 2.17 bits per heavy atom. The van der Waals surface area contributed by atoms with E-state index in [1.165, 1.54) is 29.4 Å². The molecule has 0 radical (unpaired) electrons. The Hall–Kier alpha value is -1.49. The first kappa shape index (κ1) is 19.6. The molecule has 10 heteroatoms. The summed E-state index contributed by atoms with van der Waals surface area (Å²) in [7, 11) is -7.94. The van der Waals surface area contributed by atoms with Gasteiger partial charge in [-0.1, -0.05) is 19.9 Å². The largest absolute Gasteiger partial charge is 0.480 e. The molecule has 0 heterocycles. The third kappa shape index (κ3) is 4.50. The van der Waals surface area contributed by atoms with E-state index in [-0.39, 0.29) is 22.9 Å². The summed E-state index contributed by atoms with van der Waals surface area (Å²) in [5.41, 5.74) is 0. The Labute approximate surface area is 136 Å². The molecule has 2 N–H and O–H groups in total. The summed E-state index contributed by atoms with van der Waals surface area (Å²) in [5.74, 6) is -1.33. The standard InChI is InChI=1S/C13H20N2O6S2/c1-4-15(5-2)23(20,21)12-8-6-7-11(9-12)22(18,19)14-10(3)13(16)17/h6-10,14H,4-5H2,1-3H3,(H,16,17)/t10-/m0/s1. The first-order valence-corrected chi connectivity index (χ1v) is 9.84. The third-order valence-electron chi connectivity index (χ3n) is 3.16. The van der Waals surface area contributed by atoms with Gasteiger partial charge in [0.1, 0.15) is 6.04 Å². The van der Waals surface area contributed by atoms with E-state index in [0.717, 1.165) is 6.07 Å². The minimum atomic E-state index is -4.14. The highest BCUT2D eigenvalue weighted by molar-refractivity contribution is 7.90. The zero-order valence-corrected chi connectivity index (χ0v) is 14.7. The second kappa shape index (κ2) is 7.39. The summed E-state index contributed by atoms with van der Waals surface area (Å²) in [5, 5.41) is 8.78. The van der Waals surface area contributed by atoms with Gasteiger partial charge >= 0.3 is 5.97 Å². The lowest BCUT2D eigenvalue weighted by Crippen LogP contribution is -2.38. The second-order valence-electron chi connectivity index (χ2n) is 4.75. The van der Waals surface area contributed by atoms with Crippen molar-refractivity contribution in [2.24, 2.45) is 0 Å². The Morgan fingerprint density at radius 2 is 1.70 bits per heavy atom. The number of hydrogen-bond acceptors (Lipinski definition) is 5. The van der Waals surface area contributed by atoms with Crippen LogP contribution in [-0.4, -0.2) is 51.3 Å². The molecule has 0 aliphatic rings. The van der Waals surface area contributed by atoms with Crippen LogP contribution in [-0.2, 0) is 24.8 Å². The van der Waals surface area contributed by atoms with Gasteiger partial charge in [0.15, 0.2) is 0 Å². The van der Waals surface area contributed by atoms with Gasteiger partial charge in [-0.2, -0.15) is 9.03 Å². The lowest BCUT2D eigenvalue weighted by Gasteiger charge is -2.19. The van der Waals surface area contributed by atoms with E-state index < -0.39 is 32.1 Å². The zero-order valence-electron chi connectivity index (χ0n) is 13.1. The summed E-state index contributed by atoms with van der Waals surface area (Å²) in [4.78, 5) is 10.3. The number of rotatable bonds is 8. The van der Waals surface area contributed by atoms with Gasteiger partial charge in [-0.15, -0.1) is 0 Å². The minimum Gasteiger partial charge on any atom is -0.480 e. The van der Waals surface area contributed by atoms with Crippen LogP contribution in [0.5, 0.6) is 0 Å². The van der Waals surface area contributed by atoms with Crippen molar-refractivity contribution in [3.63, 3.8) is 0 Å². The average Bonchev–Trinajstić information content (AvgIpc) is 2.47. The van der Waals surface area contributed by atoms with Crippen molar-refractivity contribution < 1.29 is 26.7 Å². The maximum Gasteiger partial charge on any atom is 0.321 e. The van der Waals surface area contributed by atoms with Crippen molar-refractivity contribution in [2.45, 2.75) is 36.6 Å². The molecule has 23 heavy (non-hydrogen) atoms. The molecular formula is C13H20N2O6S2. The highest BCUT2D eigenvalue weighted by Gasteiger charge is 2.26. The van der Waals surface area contributed by atoms with E-state index in [9.17, 15) is 21.6 Å². The number of nitrogens with zero attached hydrogens (tertiary/aromatic N) is 1. The molecule has 8 nitrogen and oxygen atoms in total. The molecule has 0 spiro atoms. The Kier molecular flexibility index (Phi) is 6.28. The first-order valence-electron chi connectivity index (χ1n) is 6.91. The molecule has 1 atom stereocenters. The molecule has 0 saturated heterocycles. The van der Waals surface area contributed by atoms with Gasteiger partial charge in [-0.05, 0) is 25.1 Å². The van der Waals surface area contributed by atoms with Crippen LogP contribution in [0.1, 0.15) is 20.8 Å². The number of sulfonamides is 2. The predicted octanol–water partition coefficient (Wildman–Crippen LogP) is 0.469. The van der Waals surface area contributed by atoms with Crippen LogP contribution >= 0.6 is 0 Å². The summed E-state index contributed by atoms with van der Waals surface area (Å²) >= 11 is 0. The van der Waals surface area contributed by atoms with Crippen LogP contribution in [0.4, 0.5) is 0 Å². The van der Waals surface area contributed by atoms with Gasteiger partial charge in [0.2, 0.25) is 20.0 Å². The fourth-order valence-electron chi connectivity index (χ4n) is 1.87. The van der Waals surface area contributed by atoms with Crippen molar-refractivity contribution in [2.75, 3.05) is 13.1 Å². The quantitative estimate of drug-likeness (QED) is 0.692. The van der Waals surface area contributed by atoms with E-state index in [4.69, 9.17) is 5.11 Å². The number of nitrogens with one attached hydrogen (secondary N) is 1. The van der Waals surface area contributed by atoms with Crippen molar-refractivity contribution in [3.8, 4) is 0 Å². The number of carboxylic acids is 1. The molecule has 130 valence electrons. The lowest BCUT2D eigenvalue weighted by molar-refractivity contribution is -0.138. The Bertz CT molecular complexity index is 769. The van der Waals surface area contributed by atoms with Gasteiger partial charge in [0.25, 0.3) is 0 Å². The smallest absolute Gasteiger partial charge is 0.321 e. The lowest BCUT2D eigenvalue weighted by atomic mass is 10.4. The SMILES string of the molecule is CCN(CC)S(=O)(=O)c1cccc(S(=O)(=O)N[C@@H](C)C(=O)O)c1. The van der Waals surface area contributed by atoms with E-state index in [1.807, 2.05) is 4.72 Å². The molecule has 0 aliphatic carbocycles. The number of carboxylic acid groups (broad SMARTS) is 1. The van der Waals surface area contributed by atoms with E-state index in [0.29, 0.717) is 0 Å². The molecule has 1 aromatic carbocycles. The molecule has 0 aliphatic heterocycles. The molecule has 1 aromatic rings. The van der Waals surface area contributed by atoms with Crippen molar-refractivity contribution in [3.05, 3.63) is 24.3 Å². The fraction of sp³-hybridized carbons (Fsp3) is 0.462. The number of hydrogen-bond donors (Lipinski definition) is 2. The number of aliphatic carboxylic acids is 1. The van der Waals surface area contributed by atoms with Gasteiger partial charge in [-0.3, -0.25) is 4.79 Å². The van der Waals surface area contributed by atoms with Crippen molar-refractivity contribution in [1.82, 2.24) is 9.03 Å². The summed E-state index contributed by atoms with van der Waals surface area (Å²) in [6, 6.07) is 3.50. The third-order valence-corrected chi connectivity index (χ3v) is 6.75. The predicted molar refractivity (Wildman–Crippen MR) is 84.0 cm³/mol. The van der Waals surface area contributed by atoms with Gasteiger partial charge in [0, 0.05) is 13.1 Å². The second-order valence-corrected chi connectivity index (χ2v) is 8.40.